The SMILES string of the molecule is CC(C)N(C)C(=O)CNCCc1ccccc1. The zero-order chi connectivity index (χ0) is 12.7. The first-order valence-corrected chi connectivity index (χ1v) is 6.11. The van der Waals surface area contributed by atoms with Crippen molar-refractivity contribution in [2.24, 2.45) is 0 Å². The van der Waals surface area contributed by atoms with E-state index in [4.69, 9.17) is 0 Å². The van der Waals surface area contributed by atoms with Crippen LogP contribution in [0.3, 0.4) is 0 Å². The minimum Gasteiger partial charge on any atom is -0.342 e. The highest BCUT2D eigenvalue weighted by Gasteiger charge is 2.10. The lowest BCUT2D eigenvalue weighted by atomic mass is 10.1. The van der Waals surface area contributed by atoms with Crippen molar-refractivity contribution < 1.29 is 4.79 Å². The summed E-state index contributed by atoms with van der Waals surface area (Å²) in [5.74, 6) is 0.146. The number of rotatable bonds is 6. The second-order valence-electron chi connectivity index (χ2n) is 4.51. The van der Waals surface area contributed by atoms with Crippen molar-refractivity contribution in [3.8, 4) is 0 Å². The maximum Gasteiger partial charge on any atom is 0.236 e. The van der Waals surface area contributed by atoms with Crippen LogP contribution in [0, 0.1) is 0 Å². The smallest absolute Gasteiger partial charge is 0.236 e. The number of hydrogen-bond acceptors (Lipinski definition) is 2. The number of likely N-dealkylation sites (N-methyl/N-ethyl adjacent to an activating group) is 1. The molecule has 0 fully saturated rings. The lowest BCUT2D eigenvalue weighted by Crippen LogP contribution is -2.39. The maximum atomic E-state index is 11.7. The van der Waals surface area contributed by atoms with E-state index < -0.39 is 0 Å². The lowest BCUT2D eigenvalue weighted by Gasteiger charge is -2.21. The second-order valence-corrected chi connectivity index (χ2v) is 4.51. The predicted octanol–water partition coefficient (Wildman–Crippen LogP) is 1.69. The van der Waals surface area contributed by atoms with E-state index in [2.05, 4.69) is 17.4 Å². The Balaban J connectivity index is 2.18. The molecular formula is C14H22N2O. The number of carbonyl (C=O) groups excluding carboxylic acids is 1. The number of nitrogens with one attached hydrogen (secondary N) is 1. The summed E-state index contributed by atoms with van der Waals surface area (Å²) in [6.07, 6.45) is 0.958. The Labute approximate surface area is 104 Å². The van der Waals surface area contributed by atoms with Gasteiger partial charge in [0.1, 0.15) is 0 Å². The van der Waals surface area contributed by atoms with E-state index in [-0.39, 0.29) is 11.9 Å². The molecule has 0 bridgehead atoms. The summed E-state index contributed by atoms with van der Waals surface area (Å²) in [6.45, 7) is 5.28. The van der Waals surface area contributed by atoms with Crippen molar-refractivity contribution in [2.45, 2.75) is 26.3 Å². The molecule has 0 aliphatic carbocycles. The van der Waals surface area contributed by atoms with Gasteiger partial charge in [-0.1, -0.05) is 30.3 Å². The van der Waals surface area contributed by atoms with Crippen LogP contribution in [0.2, 0.25) is 0 Å². The van der Waals surface area contributed by atoms with E-state index in [0.717, 1.165) is 13.0 Å². The number of carbonyl (C=O) groups is 1. The van der Waals surface area contributed by atoms with Crippen LogP contribution in [0.4, 0.5) is 0 Å². The molecule has 0 aliphatic heterocycles. The first-order chi connectivity index (χ1) is 8.11. The maximum absolute atomic E-state index is 11.7. The quantitative estimate of drug-likeness (QED) is 0.760. The average molecular weight is 234 g/mol. The Morgan fingerprint density at radius 2 is 1.94 bits per heavy atom. The molecule has 94 valence electrons. The van der Waals surface area contributed by atoms with E-state index in [1.54, 1.807) is 4.90 Å². The molecule has 3 heteroatoms. The third-order valence-corrected chi connectivity index (χ3v) is 2.88. The fourth-order valence-corrected chi connectivity index (χ4v) is 1.49. The van der Waals surface area contributed by atoms with E-state index in [9.17, 15) is 4.79 Å². The summed E-state index contributed by atoms with van der Waals surface area (Å²) in [6, 6.07) is 10.5. The van der Waals surface area contributed by atoms with Gasteiger partial charge >= 0.3 is 0 Å². The molecule has 0 aliphatic rings. The molecule has 0 aromatic heterocycles. The topological polar surface area (TPSA) is 32.3 Å². The van der Waals surface area contributed by atoms with Gasteiger partial charge in [0.2, 0.25) is 5.91 Å². The zero-order valence-electron chi connectivity index (χ0n) is 10.9. The van der Waals surface area contributed by atoms with Crippen LogP contribution in [-0.2, 0) is 11.2 Å². The van der Waals surface area contributed by atoms with Gasteiger partial charge < -0.3 is 10.2 Å². The monoisotopic (exact) mass is 234 g/mol. The fourth-order valence-electron chi connectivity index (χ4n) is 1.49. The molecule has 0 atom stereocenters. The Hall–Kier alpha value is -1.35. The highest BCUT2D eigenvalue weighted by Crippen LogP contribution is 1.98. The summed E-state index contributed by atoms with van der Waals surface area (Å²) in [7, 11) is 1.84. The van der Waals surface area contributed by atoms with Gasteiger partial charge in [-0.2, -0.15) is 0 Å². The van der Waals surface area contributed by atoms with Crippen molar-refractivity contribution in [2.75, 3.05) is 20.1 Å². The molecule has 0 saturated carbocycles. The molecule has 0 spiro atoms. The largest absolute Gasteiger partial charge is 0.342 e. The molecular weight excluding hydrogens is 212 g/mol. The van der Waals surface area contributed by atoms with Crippen LogP contribution in [0.5, 0.6) is 0 Å². The number of nitrogens with zero attached hydrogens (tertiary/aromatic N) is 1. The van der Waals surface area contributed by atoms with Crippen molar-refractivity contribution in [1.82, 2.24) is 10.2 Å². The Kier molecular flexibility index (Phi) is 5.70. The standard InChI is InChI=1S/C14H22N2O/c1-12(2)16(3)14(17)11-15-10-9-13-7-5-4-6-8-13/h4-8,12,15H,9-11H2,1-3H3. The molecule has 0 heterocycles. The van der Waals surface area contributed by atoms with E-state index >= 15 is 0 Å². The van der Waals surface area contributed by atoms with Gasteiger partial charge in [-0.25, -0.2) is 0 Å². The summed E-state index contributed by atoms with van der Waals surface area (Å²) in [4.78, 5) is 13.4. The number of benzene rings is 1. The first kappa shape index (κ1) is 13.7. The van der Waals surface area contributed by atoms with E-state index in [0.29, 0.717) is 6.54 Å². The van der Waals surface area contributed by atoms with Crippen LogP contribution in [0.1, 0.15) is 19.4 Å². The highest BCUT2D eigenvalue weighted by atomic mass is 16.2. The molecule has 1 amide bonds. The number of amides is 1. The fraction of sp³-hybridized carbons (Fsp3) is 0.500. The van der Waals surface area contributed by atoms with Gasteiger partial charge in [0, 0.05) is 13.1 Å². The van der Waals surface area contributed by atoms with E-state index in [1.165, 1.54) is 5.56 Å². The van der Waals surface area contributed by atoms with Crippen molar-refractivity contribution in [3.63, 3.8) is 0 Å². The third kappa shape index (κ3) is 5.00. The van der Waals surface area contributed by atoms with Crippen LogP contribution in [0.25, 0.3) is 0 Å². The lowest BCUT2D eigenvalue weighted by molar-refractivity contribution is -0.130. The summed E-state index contributed by atoms with van der Waals surface area (Å²) >= 11 is 0. The van der Waals surface area contributed by atoms with Gasteiger partial charge in [0.05, 0.1) is 6.54 Å². The molecule has 1 rings (SSSR count). The molecule has 17 heavy (non-hydrogen) atoms. The van der Waals surface area contributed by atoms with Gasteiger partial charge in [-0.3, -0.25) is 4.79 Å². The molecule has 1 aromatic rings. The number of hydrogen-bond donors (Lipinski definition) is 1. The van der Waals surface area contributed by atoms with Crippen molar-refractivity contribution >= 4 is 5.91 Å². The van der Waals surface area contributed by atoms with Crippen LogP contribution < -0.4 is 5.32 Å². The molecule has 1 aromatic carbocycles. The third-order valence-electron chi connectivity index (χ3n) is 2.88. The van der Waals surface area contributed by atoms with Crippen LogP contribution in [0.15, 0.2) is 30.3 Å². The molecule has 3 nitrogen and oxygen atoms in total. The molecule has 0 unspecified atom stereocenters. The normalized spacial score (nSPS) is 10.6. The van der Waals surface area contributed by atoms with Crippen molar-refractivity contribution in [3.05, 3.63) is 35.9 Å². The average Bonchev–Trinajstić information content (AvgIpc) is 2.34. The molecule has 0 saturated heterocycles. The highest BCUT2D eigenvalue weighted by molar-refractivity contribution is 5.78. The summed E-state index contributed by atoms with van der Waals surface area (Å²) in [5, 5.41) is 3.18. The summed E-state index contributed by atoms with van der Waals surface area (Å²) in [5.41, 5.74) is 1.30. The first-order valence-electron chi connectivity index (χ1n) is 6.11. The van der Waals surface area contributed by atoms with Gasteiger partial charge in [0.25, 0.3) is 0 Å². The molecule has 0 radical (unpaired) electrons. The van der Waals surface area contributed by atoms with Gasteiger partial charge in [0.15, 0.2) is 0 Å². The van der Waals surface area contributed by atoms with E-state index in [1.807, 2.05) is 39.1 Å². The Morgan fingerprint density at radius 1 is 1.29 bits per heavy atom. The Bertz CT molecular complexity index is 335. The second kappa shape index (κ2) is 7.07. The van der Waals surface area contributed by atoms with Crippen molar-refractivity contribution in [1.29, 1.82) is 0 Å². The minimum atomic E-state index is 0.146. The van der Waals surface area contributed by atoms with Crippen LogP contribution >= 0.6 is 0 Å². The van der Waals surface area contributed by atoms with Gasteiger partial charge in [-0.05, 0) is 32.4 Å². The minimum absolute atomic E-state index is 0.146. The van der Waals surface area contributed by atoms with Crippen LogP contribution in [-0.4, -0.2) is 37.0 Å². The zero-order valence-corrected chi connectivity index (χ0v) is 10.9. The Morgan fingerprint density at radius 3 is 2.53 bits per heavy atom. The summed E-state index contributed by atoms with van der Waals surface area (Å²) < 4.78 is 0. The molecule has 1 N–H and O–H groups in total. The van der Waals surface area contributed by atoms with Gasteiger partial charge in [-0.15, -0.1) is 0 Å². The predicted molar refractivity (Wildman–Crippen MR) is 70.9 cm³/mol.